The highest BCUT2D eigenvalue weighted by atomic mass is 16.7. The summed E-state index contributed by atoms with van der Waals surface area (Å²) in [6, 6.07) is 8.12. The number of ether oxygens (including phenoxy) is 6. The molecular formula is C20H20O8. The van der Waals surface area contributed by atoms with E-state index in [9.17, 15) is 9.59 Å². The van der Waals surface area contributed by atoms with Gasteiger partial charge in [-0.2, -0.15) is 0 Å². The van der Waals surface area contributed by atoms with Crippen LogP contribution >= 0.6 is 0 Å². The normalized spacial score (nSPS) is 11.7. The molecule has 0 N–H and O–H groups in total. The van der Waals surface area contributed by atoms with E-state index in [1.807, 2.05) is 0 Å². The Labute approximate surface area is 161 Å². The van der Waals surface area contributed by atoms with Gasteiger partial charge in [-0.05, 0) is 35.9 Å². The summed E-state index contributed by atoms with van der Waals surface area (Å²) in [7, 11) is 4.48. The lowest BCUT2D eigenvalue weighted by atomic mass is 10.1. The molecule has 0 atom stereocenters. The summed E-state index contributed by atoms with van der Waals surface area (Å²) in [5.41, 5.74) is 0.986. The largest absolute Gasteiger partial charge is 0.493 e. The number of methoxy groups -OCH3 is 3. The summed E-state index contributed by atoms with van der Waals surface area (Å²) >= 11 is 0. The Balaban J connectivity index is 1.62. The van der Waals surface area contributed by atoms with Crippen molar-refractivity contribution in [2.24, 2.45) is 0 Å². The van der Waals surface area contributed by atoms with Crippen LogP contribution in [0.4, 0.5) is 0 Å². The fourth-order valence-corrected chi connectivity index (χ4v) is 2.75. The van der Waals surface area contributed by atoms with E-state index in [0.29, 0.717) is 39.9 Å². The first kappa shape index (κ1) is 19.3. The highest BCUT2D eigenvalue weighted by molar-refractivity contribution is 5.98. The number of fused-ring (bicyclic) bond motifs is 1. The zero-order valence-corrected chi connectivity index (χ0v) is 15.8. The van der Waals surface area contributed by atoms with E-state index in [2.05, 4.69) is 0 Å². The van der Waals surface area contributed by atoms with Crippen molar-refractivity contribution in [3.63, 3.8) is 0 Å². The van der Waals surface area contributed by atoms with Crippen molar-refractivity contribution < 1.29 is 38.0 Å². The van der Waals surface area contributed by atoms with Crippen molar-refractivity contribution in [3.8, 4) is 28.7 Å². The highest BCUT2D eigenvalue weighted by Crippen LogP contribution is 2.38. The molecule has 0 saturated heterocycles. The monoisotopic (exact) mass is 388 g/mol. The molecule has 1 heterocycles. The van der Waals surface area contributed by atoms with Crippen LogP contribution in [-0.2, 0) is 16.0 Å². The van der Waals surface area contributed by atoms with Gasteiger partial charge < -0.3 is 28.4 Å². The van der Waals surface area contributed by atoms with Crippen LogP contribution in [0.15, 0.2) is 30.3 Å². The van der Waals surface area contributed by atoms with Gasteiger partial charge in [-0.15, -0.1) is 0 Å². The Bertz CT molecular complexity index is 865. The van der Waals surface area contributed by atoms with Crippen molar-refractivity contribution >= 4 is 11.8 Å². The SMILES string of the molecule is COc1cc(CC(=O)OCC(=O)c2ccc3c(c2)OCO3)cc(OC)c1OC. The predicted octanol–water partition coefficient (Wildman–Crippen LogP) is 2.41. The second-order valence-corrected chi connectivity index (χ2v) is 5.86. The summed E-state index contributed by atoms with van der Waals surface area (Å²) in [5, 5.41) is 0. The van der Waals surface area contributed by atoms with E-state index in [0.717, 1.165) is 0 Å². The minimum atomic E-state index is -0.552. The molecule has 8 heteroatoms. The fourth-order valence-electron chi connectivity index (χ4n) is 2.75. The second kappa shape index (κ2) is 8.51. The lowest BCUT2D eigenvalue weighted by molar-refractivity contribution is -0.141. The molecule has 2 aromatic carbocycles. The topological polar surface area (TPSA) is 89.5 Å². The van der Waals surface area contributed by atoms with Gasteiger partial charge in [0, 0.05) is 5.56 Å². The summed E-state index contributed by atoms with van der Waals surface area (Å²) in [6.07, 6.45) is -0.0505. The van der Waals surface area contributed by atoms with Gasteiger partial charge in [0.2, 0.25) is 12.5 Å². The van der Waals surface area contributed by atoms with Crippen LogP contribution in [0, 0.1) is 0 Å². The quantitative estimate of drug-likeness (QED) is 0.503. The van der Waals surface area contributed by atoms with Gasteiger partial charge in [-0.25, -0.2) is 0 Å². The first-order valence-corrected chi connectivity index (χ1v) is 8.43. The molecular weight excluding hydrogens is 368 g/mol. The van der Waals surface area contributed by atoms with E-state index in [1.165, 1.54) is 21.3 Å². The van der Waals surface area contributed by atoms with E-state index < -0.39 is 5.97 Å². The summed E-state index contributed by atoms with van der Waals surface area (Å²) in [4.78, 5) is 24.4. The van der Waals surface area contributed by atoms with Crippen molar-refractivity contribution in [3.05, 3.63) is 41.5 Å². The van der Waals surface area contributed by atoms with Crippen LogP contribution < -0.4 is 23.7 Å². The average Bonchev–Trinajstić information content (AvgIpc) is 3.19. The zero-order valence-electron chi connectivity index (χ0n) is 15.8. The first-order chi connectivity index (χ1) is 13.5. The minimum Gasteiger partial charge on any atom is -0.493 e. The molecule has 0 bridgehead atoms. The molecule has 0 spiro atoms. The van der Waals surface area contributed by atoms with Gasteiger partial charge in [-0.3, -0.25) is 9.59 Å². The fraction of sp³-hybridized carbons (Fsp3) is 0.300. The van der Waals surface area contributed by atoms with Crippen LogP contribution in [0.25, 0.3) is 0 Å². The third kappa shape index (κ3) is 4.11. The van der Waals surface area contributed by atoms with Crippen LogP contribution in [0.2, 0.25) is 0 Å². The maximum Gasteiger partial charge on any atom is 0.310 e. The maximum absolute atomic E-state index is 12.3. The van der Waals surface area contributed by atoms with Gasteiger partial charge >= 0.3 is 5.97 Å². The Hall–Kier alpha value is -3.42. The first-order valence-electron chi connectivity index (χ1n) is 8.43. The van der Waals surface area contributed by atoms with Gasteiger partial charge in [0.25, 0.3) is 0 Å². The van der Waals surface area contributed by atoms with Gasteiger partial charge in [-0.1, -0.05) is 0 Å². The summed E-state index contributed by atoms with van der Waals surface area (Å²) in [5.74, 6) is 1.48. The molecule has 1 aliphatic rings. The van der Waals surface area contributed by atoms with Crippen molar-refractivity contribution in [2.45, 2.75) is 6.42 Å². The van der Waals surface area contributed by atoms with Gasteiger partial charge in [0.1, 0.15) is 0 Å². The molecule has 3 rings (SSSR count). The predicted molar refractivity (Wildman–Crippen MR) is 97.7 cm³/mol. The van der Waals surface area contributed by atoms with Crippen molar-refractivity contribution in [2.75, 3.05) is 34.7 Å². The summed E-state index contributed by atoms with van der Waals surface area (Å²) < 4.78 is 31.3. The standard InChI is InChI=1S/C20H20O8/c1-23-17-6-12(7-18(24-2)20(17)25-3)8-19(22)26-10-14(21)13-4-5-15-16(9-13)28-11-27-15/h4-7,9H,8,10-11H2,1-3H3. The van der Waals surface area contributed by atoms with Gasteiger partial charge in [0.15, 0.2) is 35.4 Å². The minimum absolute atomic E-state index is 0.0505. The molecule has 148 valence electrons. The van der Waals surface area contributed by atoms with Gasteiger partial charge in [0.05, 0.1) is 27.8 Å². The molecule has 0 unspecified atom stereocenters. The molecule has 0 saturated carbocycles. The average molecular weight is 388 g/mol. The van der Waals surface area contributed by atoms with E-state index in [-0.39, 0.29) is 25.6 Å². The van der Waals surface area contributed by atoms with E-state index in [4.69, 9.17) is 28.4 Å². The second-order valence-electron chi connectivity index (χ2n) is 5.86. The number of hydrogen-bond acceptors (Lipinski definition) is 8. The molecule has 0 aliphatic carbocycles. The molecule has 28 heavy (non-hydrogen) atoms. The van der Waals surface area contributed by atoms with Crippen LogP contribution in [-0.4, -0.2) is 46.5 Å². The summed E-state index contributed by atoms with van der Waals surface area (Å²) in [6.45, 7) is -0.250. The third-order valence-electron chi connectivity index (χ3n) is 4.13. The molecule has 0 fully saturated rings. The lowest BCUT2D eigenvalue weighted by Crippen LogP contribution is -2.15. The van der Waals surface area contributed by atoms with Crippen molar-refractivity contribution in [1.29, 1.82) is 0 Å². The maximum atomic E-state index is 12.3. The number of hydrogen-bond donors (Lipinski definition) is 0. The zero-order chi connectivity index (χ0) is 20.1. The number of ketones is 1. The number of Topliss-reactive ketones (excluding diaryl/α,β-unsaturated/α-hetero) is 1. The Morgan fingerprint density at radius 1 is 0.929 bits per heavy atom. The number of esters is 1. The number of rotatable bonds is 8. The van der Waals surface area contributed by atoms with Crippen LogP contribution in [0.3, 0.4) is 0 Å². The molecule has 0 amide bonds. The van der Waals surface area contributed by atoms with Crippen LogP contribution in [0.1, 0.15) is 15.9 Å². The molecule has 0 radical (unpaired) electrons. The third-order valence-corrected chi connectivity index (χ3v) is 4.13. The number of carbonyl (C=O) groups is 2. The Morgan fingerprint density at radius 3 is 2.25 bits per heavy atom. The van der Waals surface area contributed by atoms with Crippen molar-refractivity contribution in [1.82, 2.24) is 0 Å². The molecule has 2 aromatic rings. The van der Waals surface area contributed by atoms with E-state index in [1.54, 1.807) is 30.3 Å². The molecule has 1 aliphatic heterocycles. The Kier molecular flexibility index (Phi) is 5.88. The number of benzene rings is 2. The van der Waals surface area contributed by atoms with Crippen LogP contribution in [0.5, 0.6) is 28.7 Å². The highest BCUT2D eigenvalue weighted by Gasteiger charge is 2.18. The lowest BCUT2D eigenvalue weighted by Gasteiger charge is -2.14. The smallest absolute Gasteiger partial charge is 0.310 e. The number of carbonyl (C=O) groups excluding carboxylic acids is 2. The van der Waals surface area contributed by atoms with E-state index >= 15 is 0 Å². The Morgan fingerprint density at radius 2 is 1.61 bits per heavy atom. The molecule has 0 aromatic heterocycles. The molecule has 8 nitrogen and oxygen atoms in total.